The predicted octanol–water partition coefficient (Wildman–Crippen LogP) is 2.44. The largest absolute Gasteiger partial charge is 0.0470 e. The maximum atomic E-state index is 1.69. The van der Waals surface area contributed by atoms with Gasteiger partial charge in [0.1, 0.15) is 0 Å². The average molecular weight is 146 g/mol. The molecule has 0 saturated heterocycles. The third kappa shape index (κ3) is 0.246. The summed E-state index contributed by atoms with van der Waals surface area (Å²) in [6.45, 7) is 0. The van der Waals surface area contributed by atoms with Crippen molar-refractivity contribution in [3.63, 3.8) is 0 Å². The van der Waals surface area contributed by atoms with Crippen molar-refractivity contribution >= 4 is 0 Å². The van der Waals surface area contributed by atoms with E-state index in [1.54, 1.807) is 32.1 Å². The van der Waals surface area contributed by atoms with Crippen LogP contribution in [0.5, 0.6) is 0 Å². The smallest absolute Gasteiger partial charge is 0.0167 e. The number of hydrogen-bond donors (Lipinski definition) is 0. The van der Waals surface area contributed by atoms with Gasteiger partial charge in [-0.1, -0.05) is 0 Å². The van der Waals surface area contributed by atoms with Gasteiger partial charge in [-0.15, -0.1) is 0 Å². The molecule has 11 heavy (non-hydrogen) atoms. The standard InChI is InChI=1S/C11H14/c1-6-2-8-4-7(1)10-5-11(8,10)9(10)3-6/h6-9H,1-5H2. The van der Waals surface area contributed by atoms with Crippen LogP contribution in [-0.2, 0) is 0 Å². The highest BCUT2D eigenvalue weighted by Gasteiger charge is 2.98. The second-order valence-corrected chi connectivity index (χ2v) is 6.01. The molecule has 0 aliphatic heterocycles. The second-order valence-electron chi connectivity index (χ2n) is 6.01. The first-order valence-electron chi connectivity index (χ1n) is 5.38. The monoisotopic (exact) mass is 146 g/mol. The van der Waals surface area contributed by atoms with Crippen LogP contribution < -0.4 is 0 Å². The zero-order valence-electron chi connectivity index (χ0n) is 6.84. The SMILES string of the molecule is C1C2CC3CC1C14CC31C4C2. The molecule has 0 aromatic heterocycles. The summed E-state index contributed by atoms with van der Waals surface area (Å²) < 4.78 is 0. The van der Waals surface area contributed by atoms with Crippen molar-refractivity contribution in [3.8, 4) is 0 Å². The Labute approximate surface area is 67.4 Å². The predicted molar refractivity (Wildman–Crippen MR) is 41.9 cm³/mol. The molecule has 4 unspecified atom stereocenters. The molecule has 0 aromatic carbocycles. The van der Waals surface area contributed by atoms with E-state index in [0.717, 1.165) is 10.8 Å². The molecule has 0 N–H and O–H groups in total. The van der Waals surface area contributed by atoms with Gasteiger partial charge in [-0.05, 0) is 66.6 Å². The first kappa shape index (κ1) is 4.89. The Hall–Kier alpha value is 0. The molecule has 2 spiro atoms. The molecule has 0 radical (unpaired) electrons. The zero-order chi connectivity index (χ0) is 6.84. The minimum atomic E-state index is 1.03. The maximum absolute atomic E-state index is 1.69. The van der Waals surface area contributed by atoms with E-state index in [9.17, 15) is 0 Å². The van der Waals surface area contributed by atoms with Crippen LogP contribution in [0.3, 0.4) is 0 Å². The Morgan fingerprint density at radius 3 is 2.18 bits per heavy atom. The molecule has 58 valence electrons. The zero-order valence-corrected chi connectivity index (χ0v) is 6.84. The molecule has 6 saturated carbocycles. The Morgan fingerprint density at radius 2 is 1.55 bits per heavy atom. The quantitative estimate of drug-likeness (QED) is 0.492. The average Bonchev–Trinajstić information content (AvgIpc) is 2.78. The van der Waals surface area contributed by atoms with Crippen LogP contribution in [-0.4, -0.2) is 0 Å². The van der Waals surface area contributed by atoms with Crippen LogP contribution in [0.4, 0.5) is 0 Å². The molecular weight excluding hydrogens is 132 g/mol. The third-order valence-corrected chi connectivity index (χ3v) is 6.32. The Bertz CT molecular complexity index is 258. The third-order valence-electron chi connectivity index (χ3n) is 6.32. The van der Waals surface area contributed by atoms with E-state index in [1.807, 2.05) is 0 Å². The summed E-state index contributed by atoms with van der Waals surface area (Å²) in [5.74, 6) is 4.97. The Kier molecular flexibility index (Phi) is 0.428. The van der Waals surface area contributed by atoms with Gasteiger partial charge in [0, 0.05) is 0 Å². The van der Waals surface area contributed by atoms with Gasteiger partial charge in [0.2, 0.25) is 0 Å². The lowest BCUT2D eigenvalue weighted by Gasteiger charge is -2.46. The van der Waals surface area contributed by atoms with Crippen molar-refractivity contribution in [1.82, 2.24) is 0 Å². The van der Waals surface area contributed by atoms with E-state index in [-0.39, 0.29) is 0 Å². The number of rotatable bonds is 0. The van der Waals surface area contributed by atoms with Crippen LogP contribution >= 0.6 is 0 Å². The molecule has 6 rings (SSSR count). The van der Waals surface area contributed by atoms with Gasteiger partial charge in [-0.2, -0.15) is 0 Å². The van der Waals surface area contributed by atoms with Gasteiger partial charge in [0.15, 0.2) is 0 Å². The van der Waals surface area contributed by atoms with Gasteiger partial charge < -0.3 is 0 Å². The summed E-state index contributed by atoms with van der Waals surface area (Å²) in [7, 11) is 0. The van der Waals surface area contributed by atoms with Crippen molar-refractivity contribution in [2.24, 2.45) is 34.5 Å². The summed E-state index contributed by atoms with van der Waals surface area (Å²) in [5.41, 5.74) is 2.06. The van der Waals surface area contributed by atoms with E-state index in [1.165, 1.54) is 23.7 Å². The van der Waals surface area contributed by atoms with Gasteiger partial charge in [-0.3, -0.25) is 0 Å². The van der Waals surface area contributed by atoms with E-state index in [4.69, 9.17) is 0 Å². The molecule has 0 heteroatoms. The topological polar surface area (TPSA) is 0 Å². The normalized spacial score (nSPS) is 85.1. The van der Waals surface area contributed by atoms with Crippen molar-refractivity contribution in [1.29, 1.82) is 0 Å². The fraction of sp³-hybridized carbons (Fsp3) is 1.00. The van der Waals surface area contributed by atoms with Crippen LogP contribution in [0.25, 0.3) is 0 Å². The number of hydrogen-bond acceptors (Lipinski definition) is 0. The molecule has 6 fully saturated rings. The summed E-state index contributed by atoms with van der Waals surface area (Å²) in [6.07, 6.45) is 8.30. The van der Waals surface area contributed by atoms with E-state index >= 15 is 0 Å². The van der Waals surface area contributed by atoms with Crippen molar-refractivity contribution < 1.29 is 0 Å². The van der Waals surface area contributed by atoms with Gasteiger partial charge in [0.25, 0.3) is 0 Å². The van der Waals surface area contributed by atoms with Crippen molar-refractivity contribution in [2.75, 3.05) is 0 Å². The molecule has 4 atom stereocenters. The van der Waals surface area contributed by atoms with Crippen LogP contribution in [0, 0.1) is 34.5 Å². The summed E-state index contributed by atoms with van der Waals surface area (Å²) in [4.78, 5) is 0. The molecule has 0 nitrogen and oxygen atoms in total. The molecule has 0 aromatic rings. The van der Waals surface area contributed by atoms with Gasteiger partial charge in [0.05, 0.1) is 0 Å². The minimum absolute atomic E-state index is 1.03. The van der Waals surface area contributed by atoms with Crippen LogP contribution in [0.2, 0.25) is 0 Å². The summed E-state index contributed by atoms with van der Waals surface area (Å²) in [5, 5.41) is 0. The molecule has 0 heterocycles. The molecule has 0 amide bonds. The fourth-order valence-electron chi connectivity index (χ4n) is 6.14. The lowest BCUT2D eigenvalue weighted by atomic mass is 9.59. The highest BCUT2D eigenvalue weighted by molar-refractivity contribution is 5.46. The van der Waals surface area contributed by atoms with Crippen molar-refractivity contribution in [2.45, 2.75) is 32.1 Å². The lowest BCUT2D eigenvalue weighted by Crippen LogP contribution is -2.37. The first-order chi connectivity index (χ1) is 5.38. The van der Waals surface area contributed by atoms with E-state index in [2.05, 4.69) is 0 Å². The van der Waals surface area contributed by atoms with Gasteiger partial charge >= 0.3 is 0 Å². The minimum Gasteiger partial charge on any atom is -0.0470 e. The summed E-state index contributed by atoms with van der Waals surface area (Å²) >= 11 is 0. The highest BCUT2D eigenvalue weighted by Crippen LogP contribution is 3.04. The van der Waals surface area contributed by atoms with E-state index in [0.29, 0.717) is 0 Å². The first-order valence-corrected chi connectivity index (χ1v) is 5.38. The molecule has 6 aliphatic rings. The molecule has 4 bridgehead atoms. The van der Waals surface area contributed by atoms with E-state index < -0.39 is 0 Å². The van der Waals surface area contributed by atoms with Crippen LogP contribution in [0.1, 0.15) is 32.1 Å². The Balaban J connectivity index is 1.85. The highest BCUT2D eigenvalue weighted by atomic mass is 15.0. The maximum Gasteiger partial charge on any atom is -0.0167 e. The van der Waals surface area contributed by atoms with Crippen LogP contribution in [0.15, 0.2) is 0 Å². The van der Waals surface area contributed by atoms with Gasteiger partial charge in [-0.25, -0.2) is 0 Å². The molecular formula is C11H14. The summed E-state index contributed by atoms with van der Waals surface area (Å²) in [6, 6.07) is 0. The Morgan fingerprint density at radius 1 is 0.818 bits per heavy atom. The lowest BCUT2D eigenvalue weighted by molar-refractivity contribution is 0.0383. The second kappa shape index (κ2) is 0.963. The fourth-order valence-corrected chi connectivity index (χ4v) is 6.14. The van der Waals surface area contributed by atoms with Crippen molar-refractivity contribution in [3.05, 3.63) is 0 Å². The molecule has 6 aliphatic carbocycles.